The Bertz CT molecular complexity index is 461. The Hall–Kier alpha value is -1.93. The van der Waals surface area contributed by atoms with Crippen LogP contribution in [-0.2, 0) is 38.1 Å². The molecule has 4 atom stereocenters. The average Bonchev–Trinajstić information content (AvgIpc) is 2.78. The van der Waals surface area contributed by atoms with Gasteiger partial charge in [-0.05, 0) is 12.8 Å². The minimum Gasteiger partial charge on any atom is -0.463 e. The van der Waals surface area contributed by atoms with E-state index in [1.807, 2.05) is 0 Å². The highest BCUT2D eigenvalue weighted by molar-refractivity contribution is 5.67. The van der Waals surface area contributed by atoms with Gasteiger partial charge in [-0.1, -0.05) is 6.08 Å². The number of hydrogen-bond donors (Lipinski definition) is 0. The molecule has 0 spiro atoms. The molecular weight excluding hydrogens is 320 g/mol. The molecular formula is C16H24O8. The van der Waals surface area contributed by atoms with E-state index in [1.54, 1.807) is 6.08 Å². The van der Waals surface area contributed by atoms with Crippen LogP contribution in [0.25, 0.3) is 0 Å². The number of allylic oxidation sites excluding steroid dienone is 1. The van der Waals surface area contributed by atoms with E-state index in [2.05, 4.69) is 6.58 Å². The molecule has 0 N–H and O–H groups in total. The van der Waals surface area contributed by atoms with Crippen LogP contribution in [0.3, 0.4) is 0 Å². The fraction of sp³-hybridized carbons (Fsp3) is 0.688. The molecule has 1 heterocycles. The Balaban J connectivity index is 2.82. The summed E-state index contributed by atoms with van der Waals surface area (Å²) in [5, 5.41) is 0. The van der Waals surface area contributed by atoms with Crippen LogP contribution in [0.5, 0.6) is 0 Å². The molecule has 8 heteroatoms. The fourth-order valence-corrected chi connectivity index (χ4v) is 2.24. The average molecular weight is 344 g/mol. The maximum atomic E-state index is 11.4. The Morgan fingerprint density at radius 2 is 1.67 bits per heavy atom. The molecule has 0 aliphatic carbocycles. The van der Waals surface area contributed by atoms with Gasteiger partial charge < -0.3 is 23.7 Å². The van der Waals surface area contributed by atoms with E-state index in [-0.39, 0.29) is 6.61 Å². The molecule has 0 aromatic carbocycles. The van der Waals surface area contributed by atoms with Gasteiger partial charge in [-0.3, -0.25) is 14.4 Å². The summed E-state index contributed by atoms with van der Waals surface area (Å²) in [6.45, 7) is 7.54. The zero-order valence-electron chi connectivity index (χ0n) is 14.2. The van der Waals surface area contributed by atoms with Gasteiger partial charge in [-0.25, -0.2) is 0 Å². The van der Waals surface area contributed by atoms with Gasteiger partial charge in [0.25, 0.3) is 0 Å². The van der Waals surface area contributed by atoms with Gasteiger partial charge in [-0.15, -0.1) is 6.58 Å². The van der Waals surface area contributed by atoms with Gasteiger partial charge in [0.15, 0.2) is 18.5 Å². The first-order valence-electron chi connectivity index (χ1n) is 7.71. The summed E-state index contributed by atoms with van der Waals surface area (Å²) in [7, 11) is 0. The van der Waals surface area contributed by atoms with E-state index in [0.717, 1.165) is 6.42 Å². The van der Waals surface area contributed by atoms with E-state index in [9.17, 15) is 14.4 Å². The maximum Gasteiger partial charge on any atom is 0.303 e. The van der Waals surface area contributed by atoms with Crippen LogP contribution < -0.4 is 0 Å². The lowest BCUT2D eigenvalue weighted by atomic mass is 10.1. The van der Waals surface area contributed by atoms with Crippen LogP contribution in [0.2, 0.25) is 0 Å². The minimum absolute atomic E-state index is 0.141. The van der Waals surface area contributed by atoms with Crippen LogP contribution in [0, 0.1) is 0 Å². The van der Waals surface area contributed by atoms with Crippen molar-refractivity contribution in [2.45, 2.75) is 58.2 Å². The van der Waals surface area contributed by atoms with Gasteiger partial charge in [0.05, 0.1) is 6.61 Å². The predicted octanol–water partition coefficient (Wildman–Crippen LogP) is 1.12. The van der Waals surface area contributed by atoms with Crippen LogP contribution in [-0.4, -0.2) is 55.7 Å². The summed E-state index contributed by atoms with van der Waals surface area (Å²) in [6.07, 6.45) is -0.327. The summed E-state index contributed by atoms with van der Waals surface area (Å²) in [5.74, 6) is -1.63. The van der Waals surface area contributed by atoms with Crippen LogP contribution in [0.1, 0.15) is 33.6 Å². The summed E-state index contributed by atoms with van der Waals surface area (Å²) in [6, 6.07) is 0. The summed E-state index contributed by atoms with van der Waals surface area (Å²) in [5.41, 5.74) is 0. The van der Waals surface area contributed by atoms with E-state index in [1.165, 1.54) is 20.8 Å². The molecule has 1 fully saturated rings. The topological polar surface area (TPSA) is 97.4 Å². The SMILES string of the molecule is C=CCCCOC1O[C@@H](COC(C)=O)[C@@H](OC(C)=O)[C@@H]1OC(C)=O. The van der Waals surface area contributed by atoms with Crippen molar-refractivity contribution in [3.63, 3.8) is 0 Å². The molecule has 24 heavy (non-hydrogen) atoms. The van der Waals surface area contributed by atoms with Gasteiger partial charge in [0.2, 0.25) is 0 Å². The van der Waals surface area contributed by atoms with E-state index in [4.69, 9.17) is 23.7 Å². The third-order valence-corrected chi connectivity index (χ3v) is 3.16. The maximum absolute atomic E-state index is 11.4. The zero-order valence-corrected chi connectivity index (χ0v) is 14.2. The highest BCUT2D eigenvalue weighted by Crippen LogP contribution is 2.28. The number of hydrogen-bond acceptors (Lipinski definition) is 8. The molecule has 0 saturated carbocycles. The molecule has 1 saturated heterocycles. The van der Waals surface area contributed by atoms with Crippen molar-refractivity contribution in [2.24, 2.45) is 0 Å². The summed E-state index contributed by atoms with van der Waals surface area (Å²) in [4.78, 5) is 33.7. The fourth-order valence-electron chi connectivity index (χ4n) is 2.24. The molecule has 1 unspecified atom stereocenters. The quantitative estimate of drug-likeness (QED) is 0.266. The number of carbonyl (C=O) groups is 3. The highest BCUT2D eigenvalue weighted by Gasteiger charge is 2.50. The van der Waals surface area contributed by atoms with Gasteiger partial charge in [0.1, 0.15) is 12.7 Å². The Morgan fingerprint density at radius 1 is 1.04 bits per heavy atom. The van der Waals surface area contributed by atoms with Crippen molar-refractivity contribution in [2.75, 3.05) is 13.2 Å². The molecule has 0 amide bonds. The zero-order chi connectivity index (χ0) is 18.1. The van der Waals surface area contributed by atoms with Gasteiger partial charge in [-0.2, -0.15) is 0 Å². The van der Waals surface area contributed by atoms with Crippen LogP contribution in [0.15, 0.2) is 12.7 Å². The highest BCUT2D eigenvalue weighted by atomic mass is 16.7. The summed E-state index contributed by atoms with van der Waals surface area (Å²) < 4.78 is 26.5. The first kappa shape index (κ1) is 20.1. The van der Waals surface area contributed by atoms with Crippen LogP contribution in [0.4, 0.5) is 0 Å². The molecule has 0 aromatic heterocycles. The second-order valence-corrected chi connectivity index (χ2v) is 5.30. The predicted molar refractivity (Wildman–Crippen MR) is 81.8 cm³/mol. The molecule has 0 radical (unpaired) electrons. The van der Waals surface area contributed by atoms with Gasteiger partial charge >= 0.3 is 17.9 Å². The van der Waals surface area contributed by atoms with Crippen molar-refractivity contribution >= 4 is 17.9 Å². The molecule has 136 valence electrons. The molecule has 1 rings (SSSR count). The standard InChI is InChI=1S/C16H24O8/c1-5-6-7-8-20-16-15(23-12(4)19)14(22-11(3)18)13(24-16)9-21-10(2)17/h5,13-16H,1,6-9H2,2-4H3/t13-,14+,15-,16?/m0/s1. The Labute approximate surface area is 141 Å². The van der Waals surface area contributed by atoms with Crippen LogP contribution >= 0.6 is 0 Å². The first-order chi connectivity index (χ1) is 11.3. The minimum atomic E-state index is -0.935. The molecule has 1 aliphatic rings. The van der Waals surface area contributed by atoms with E-state index >= 15 is 0 Å². The van der Waals surface area contributed by atoms with Crippen molar-refractivity contribution < 1.29 is 38.1 Å². The first-order valence-corrected chi connectivity index (χ1v) is 7.71. The normalized spacial score (nSPS) is 25.8. The molecule has 0 bridgehead atoms. The van der Waals surface area contributed by atoms with Crippen molar-refractivity contribution in [1.29, 1.82) is 0 Å². The third-order valence-electron chi connectivity index (χ3n) is 3.16. The Kier molecular flexibility index (Phi) is 8.42. The number of ether oxygens (including phenoxy) is 5. The number of esters is 3. The molecule has 0 aromatic rings. The van der Waals surface area contributed by atoms with Gasteiger partial charge in [0, 0.05) is 20.8 Å². The van der Waals surface area contributed by atoms with E-state index in [0.29, 0.717) is 13.0 Å². The number of rotatable bonds is 9. The summed E-state index contributed by atoms with van der Waals surface area (Å²) >= 11 is 0. The monoisotopic (exact) mass is 344 g/mol. The second kappa shape index (κ2) is 10.0. The lowest BCUT2D eigenvalue weighted by Gasteiger charge is -2.23. The lowest BCUT2D eigenvalue weighted by Crippen LogP contribution is -2.41. The third kappa shape index (κ3) is 6.67. The van der Waals surface area contributed by atoms with E-state index < -0.39 is 42.5 Å². The van der Waals surface area contributed by atoms with Crippen molar-refractivity contribution in [3.05, 3.63) is 12.7 Å². The smallest absolute Gasteiger partial charge is 0.303 e. The Morgan fingerprint density at radius 3 is 2.21 bits per heavy atom. The molecule has 1 aliphatic heterocycles. The lowest BCUT2D eigenvalue weighted by molar-refractivity contribution is -0.190. The molecule has 8 nitrogen and oxygen atoms in total. The number of carbonyl (C=O) groups excluding carboxylic acids is 3. The largest absolute Gasteiger partial charge is 0.463 e. The second-order valence-electron chi connectivity index (χ2n) is 5.30. The van der Waals surface area contributed by atoms with Crippen molar-refractivity contribution in [1.82, 2.24) is 0 Å². The van der Waals surface area contributed by atoms with Crippen molar-refractivity contribution in [3.8, 4) is 0 Å². The number of unbranched alkanes of at least 4 members (excludes halogenated alkanes) is 1.